The monoisotopic (exact) mass is 256 g/mol. The van der Waals surface area contributed by atoms with Crippen LogP contribution in [0.4, 0.5) is 0 Å². The quantitative estimate of drug-likeness (QED) is 0.894. The SMILES string of the molecule is Cc1ccc(O[C@@H](Cc2ccccc2)C(=O)O)cc1. The molecule has 0 aliphatic carbocycles. The van der Waals surface area contributed by atoms with Gasteiger partial charge in [-0.1, -0.05) is 48.0 Å². The lowest BCUT2D eigenvalue weighted by Crippen LogP contribution is -2.29. The van der Waals surface area contributed by atoms with Crippen molar-refractivity contribution in [2.75, 3.05) is 0 Å². The molecule has 2 rings (SSSR count). The molecule has 0 aromatic heterocycles. The molecule has 0 spiro atoms. The van der Waals surface area contributed by atoms with E-state index in [1.165, 1.54) is 0 Å². The first kappa shape index (κ1) is 13.1. The summed E-state index contributed by atoms with van der Waals surface area (Å²) in [5, 5.41) is 9.23. The van der Waals surface area contributed by atoms with Crippen LogP contribution in [0.15, 0.2) is 54.6 Å². The van der Waals surface area contributed by atoms with Gasteiger partial charge in [-0.2, -0.15) is 0 Å². The normalized spacial score (nSPS) is 11.8. The zero-order valence-electron chi connectivity index (χ0n) is 10.7. The second kappa shape index (κ2) is 6.05. The molecule has 0 bridgehead atoms. The molecule has 0 aliphatic heterocycles. The van der Waals surface area contributed by atoms with E-state index in [0.717, 1.165) is 11.1 Å². The topological polar surface area (TPSA) is 46.5 Å². The van der Waals surface area contributed by atoms with Crippen LogP contribution in [0.2, 0.25) is 0 Å². The van der Waals surface area contributed by atoms with Crippen LogP contribution in [0.1, 0.15) is 11.1 Å². The van der Waals surface area contributed by atoms with Crippen LogP contribution < -0.4 is 4.74 Å². The van der Waals surface area contributed by atoms with Crippen LogP contribution in [0.25, 0.3) is 0 Å². The summed E-state index contributed by atoms with van der Waals surface area (Å²) in [5.41, 5.74) is 2.06. The fourth-order valence-electron chi connectivity index (χ4n) is 1.79. The van der Waals surface area contributed by atoms with Crippen molar-refractivity contribution in [3.8, 4) is 5.75 Å². The Hall–Kier alpha value is -2.29. The Labute approximate surface area is 112 Å². The van der Waals surface area contributed by atoms with Crippen molar-refractivity contribution in [1.82, 2.24) is 0 Å². The summed E-state index contributed by atoms with van der Waals surface area (Å²) in [6.07, 6.45) is -0.519. The third kappa shape index (κ3) is 3.85. The number of carbonyl (C=O) groups is 1. The fourth-order valence-corrected chi connectivity index (χ4v) is 1.79. The minimum Gasteiger partial charge on any atom is -0.478 e. The number of carboxylic acids is 1. The smallest absolute Gasteiger partial charge is 0.345 e. The average Bonchev–Trinajstić information content (AvgIpc) is 2.41. The summed E-state index contributed by atoms with van der Waals surface area (Å²) < 4.78 is 5.54. The second-order valence-electron chi connectivity index (χ2n) is 4.45. The van der Waals surface area contributed by atoms with Crippen molar-refractivity contribution >= 4 is 5.97 Å². The Morgan fingerprint density at radius 3 is 2.32 bits per heavy atom. The molecule has 0 radical (unpaired) electrons. The van der Waals surface area contributed by atoms with Crippen LogP contribution in [-0.2, 0) is 11.2 Å². The molecular weight excluding hydrogens is 240 g/mol. The molecule has 0 amide bonds. The molecule has 0 fully saturated rings. The Bertz CT molecular complexity index is 532. The third-order valence-corrected chi connectivity index (χ3v) is 2.84. The molecule has 0 saturated carbocycles. The van der Waals surface area contributed by atoms with E-state index in [1.54, 1.807) is 12.1 Å². The van der Waals surface area contributed by atoms with Crippen LogP contribution in [0, 0.1) is 6.92 Å². The lowest BCUT2D eigenvalue weighted by Gasteiger charge is -2.15. The van der Waals surface area contributed by atoms with Crippen LogP contribution in [-0.4, -0.2) is 17.2 Å². The van der Waals surface area contributed by atoms with E-state index in [9.17, 15) is 9.90 Å². The van der Waals surface area contributed by atoms with Crippen LogP contribution >= 0.6 is 0 Å². The predicted molar refractivity (Wildman–Crippen MR) is 73.4 cm³/mol. The van der Waals surface area contributed by atoms with Crippen molar-refractivity contribution in [3.63, 3.8) is 0 Å². The van der Waals surface area contributed by atoms with E-state index in [0.29, 0.717) is 12.2 Å². The lowest BCUT2D eigenvalue weighted by molar-refractivity contribution is -0.145. The molecule has 1 atom stereocenters. The highest BCUT2D eigenvalue weighted by atomic mass is 16.5. The highest BCUT2D eigenvalue weighted by molar-refractivity contribution is 5.73. The molecule has 0 saturated heterocycles. The molecule has 3 heteroatoms. The van der Waals surface area contributed by atoms with Gasteiger partial charge >= 0.3 is 5.97 Å². The van der Waals surface area contributed by atoms with Crippen molar-refractivity contribution in [3.05, 3.63) is 65.7 Å². The van der Waals surface area contributed by atoms with Gasteiger partial charge in [0.25, 0.3) is 0 Å². The molecular formula is C16H16O3. The first-order chi connectivity index (χ1) is 9.15. The number of hydrogen-bond donors (Lipinski definition) is 1. The molecule has 0 aliphatic rings. The van der Waals surface area contributed by atoms with E-state index in [4.69, 9.17) is 4.74 Å². The number of benzene rings is 2. The zero-order chi connectivity index (χ0) is 13.7. The zero-order valence-corrected chi connectivity index (χ0v) is 10.7. The van der Waals surface area contributed by atoms with E-state index in [-0.39, 0.29) is 0 Å². The van der Waals surface area contributed by atoms with E-state index >= 15 is 0 Å². The molecule has 0 heterocycles. The van der Waals surface area contributed by atoms with Crippen LogP contribution in [0.5, 0.6) is 5.75 Å². The number of hydrogen-bond acceptors (Lipinski definition) is 2. The predicted octanol–water partition coefficient (Wildman–Crippen LogP) is 3.07. The molecule has 3 nitrogen and oxygen atoms in total. The standard InChI is InChI=1S/C16H16O3/c1-12-7-9-14(10-8-12)19-15(16(17)18)11-13-5-3-2-4-6-13/h2-10,15H,11H2,1H3,(H,17,18)/t15-/m0/s1. The summed E-state index contributed by atoms with van der Waals surface area (Å²) in [5.74, 6) is -0.377. The highest BCUT2D eigenvalue weighted by Crippen LogP contribution is 2.15. The van der Waals surface area contributed by atoms with E-state index in [1.807, 2.05) is 49.4 Å². The Morgan fingerprint density at radius 2 is 1.74 bits per heavy atom. The van der Waals surface area contributed by atoms with Gasteiger partial charge in [-0.25, -0.2) is 4.79 Å². The van der Waals surface area contributed by atoms with Gasteiger partial charge in [0.1, 0.15) is 5.75 Å². The molecule has 2 aromatic rings. The Morgan fingerprint density at radius 1 is 1.11 bits per heavy atom. The minimum atomic E-state index is -0.954. The Kier molecular flexibility index (Phi) is 4.18. The molecule has 19 heavy (non-hydrogen) atoms. The van der Waals surface area contributed by atoms with Crippen molar-refractivity contribution in [2.45, 2.75) is 19.4 Å². The van der Waals surface area contributed by atoms with Gasteiger partial charge in [0, 0.05) is 6.42 Å². The van der Waals surface area contributed by atoms with E-state index < -0.39 is 12.1 Å². The molecule has 2 aromatic carbocycles. The third-order valence-electron chi connectivity index (χ3n) is 2.84. The number of aryl methyl sites for hydroxylation is 1. The average molecular weight is 256 g/mol. The number of ether oxygens (including phenoxy) is 1. The summed E-state index contributed by atoms with van der Waals surface area (Å²) >= 11 is 0. The summed E-state index contributed by atoms with van der Waals surface area (Å²) in [6.45, 7) is 1.97. The molecule has 0 unspecified atom stereocenters. The summed E-state index contributed by atoms with van der Waals surface area (Å²) in [7, 11) is 0. The van der Waals surface area contributed by atoms with Gasteiger partial charge in [0.2, 0.25) is 0 Å². The minimum absolute atomic E-state index is 0.351. The molecule has 1 N–H and O–H groups in total. The van der Waals surface area contributed by atoms with Crippen molar-refractivity contribution in [1.29, 1.82) is 0 Å². The van der Waals surface area contributed by atoms with Gasteiger partial charge in [0.15, 0.2) is 6.10 Å². The maximum absolute atomic E-state index is 11.3. The van der Waals surface area contributed by atoms with Crippen LogP contribution in [0.3, 0.4) is 0 Å². The van der Waals surface area contributed by atoms with Gasteiger partial charge in [-0.05, 0) is 24.6 Å². The summed E-state index contributed by atoms with van der Waals surface area (Å²) in [4.78, 5) is 11.3. The maximum Gasteiger partial charge on any atom is 0.345 e. The first-order valence-corrected chi connectivity index (χ1v) is 6.15. The first-order valence-electron chi connectivity index (χ1n) is 6.15. The lowest BCUT2D eigenvalue weighted by atomic mass is 10.1. The van der Waals surface area contributed by atoms with E-state index in [2.05, 4.69) is 0 Å². The maximum atomic E-state index is 11.3. The fraction of sp³-hybridized carbons (Fsp3) is 0.188. The van der Waals surface area contributed by atoms with Crippen molar-refractivity contribution < 1.29 is 14.6 Å². The molecule has 98 valence electrons. The van der Waals surface area contributed by atoms with Gasteiger partial charge < -0.3 is 9.84 Å². The number of carboxylic acid groups (broad SMARTS) is 1. The second-order valence-corrected chi connectivity index (χ2v) is 4.45. The van der Waals surface area contributed by atoms with Crippen molar-refractivity contribution in [2.24, 2.45) is 0 Å². The van der Waals surface area contributed by atoms with Gasteiger partial charge in [0.05, 0.1) is 0 Å². The number of aliphatic carboxylic acids is 1. The number of rotatable bonds is 5. The summed E-state index contributed by atoms with van der Waals surface area (Å²) in [6, 6.07) is 16.9. The van der Waals surface area contributed by atoms with Gasteiger partial charge in [-0.3, -0.25) is 0 Å². The highest BCUT2D eigenvalue weighted by Gasteiger charge is 2.19. The largest absolute Gasteiger partial charge is 0.478 e. The Balaban J connectivity index is 2.08. The van der Waals surface area contributed by atoms with Gasteiger partial charge in [-0.15, -0.1) is 0 Å².